The van der Waals surface area contributed by atoms with Crippen molar-refractivity contribution in [1.29, 1.82) is 0 Å². The van der Waals surface area contributed by atoms with E-state index in [9.17, 15) is 24.9 Å². The Morgan fingerprint density at radius 2 is 2.14 bits per heavy atom. The number of hydrogen-bond acceptors (Lipinski definition) is 10. The highest BCUT2D eigenvalue weighted by molar-refractivity contribution is 8.01. The molecule has 28 heavy (non-hydrogen) atoms. The number of phenols is 2. The molecule has 2 aliphatic heterocycles. The highest BCUT2D eigenvalue weighted by atomic mass is 32.2. The number of carboxylic acid groups (broad SMARTS) is 1. The predicted octanol–water partition coefficient (Wildman–Crippen LogP) is 0.821. The average Bonchev–Trinajstić information content (AvgIpc) is 3.16. The highest BCUT2D eigenvalue weighted by Crippen LogP contribution is 2.41. The molecular weight excluding hydrogens is 408 g/mol. The summed E-state index contributed by atoms with van der Waals surface area (Å²) in [4.78, 5) is 24.8. The van der Waals surface area contributed by atoms with Gasteiger partial charge in [0.05, 0.1) is 0 Å². The number of phenolic OH excluding ortho intramolecular Hbond substituents is 2. The van der Waals surface area contributed by atoms with Crippen LogP contribution < -0.4 is 5.73 Å². The minimum Gasteiger partial charge on any atom is -0.504 e. The number of thioether (sulfide) groups is 2. The summed E-state index contributed by atoms with van der Waals surface area (Å²) in [6.07, 6.45) is 0. The number of aliphatic carboxylic acids is 1. The Morgan fingerprint density at radius 1 is 1.36 bits per heavy atom. The number of amides is 1. The smallest absolute Gasteiger partial charge is 0.352 e. The van der Waals surface area contributed by atoms with Crippen LogP contribution in [0.2, 0.25) is 0 Å². The van der Waals surface area contributed by atoms with E-state index >= 15 is 0 Å². The van der Waals surface area contributed by atoms with Gasteiger partial charge in [0.2, 0.25) is 11.8 Å². The molecule has 2 aromatic rings. The van der Waals surface area contributed by atoms with Crippen molar-refractivity contribution in [3.05, 3.63) is 29.5 Å². The summed E-state index contributed by atoms with van der Waals surface area (Å²) in [6, 6.07) is 3.43. The highest BCUT2D eigenvalue weighted by Gasteiger charge is 2.51. The first kappa shape index (κ1) is 18.7. The summed E-state index contributed by atoms with van der Waals surface area (Å²) < 4.78 is 5.52. The maximum absolute atomic E-state index is 11.9. The quantitative estimate of drug-likeness (QED) is 0.306. The van der Waals surface area contributed by atoms with E-state index in [0.717, 1.165) is 11.8 Å². The number of aromatic nitrogens is 2. The van der Waals surface area contributed by atoms with E-state index in [0.29, 0.717) is 16.9 Å². The molecule has 10 nitrogen and oxygen atoms in total. The Kier molecular flexibility index (Phi) is 4.69. The topological polar surface area (TPSA) is 163 Å². The van der Waals surface area contributed by atoms with Gasteiger partial charge < -0.3 is 25.5 Å². The predicted molar refractivity (Wildman–Crippen MR) is 99.5 cm³/mol. The number of aromatic hydroxyl groups is 2. The molecule has 0 spiro atoms. The Morgan fingerprint density at radius 3 is 2.86 bits per heavy atom. The minimum absolute atomic E-state index is 0.0360. The van der Waals surface area contributed by atoms with Gasteiger partial charge in [0.25, 0.3) is 5.22 Å². The van der Waals surface area contributed by atoms with Crippen LogP contribution in [0.1, 0.15) is 0 Å². The fourth-order valence-electron chi connectivity index (χ4n) is 2.88. The van der Waals surface area contributed by atoms with E-state index in [-0.39, 0.29) is 39.4 Å². The Labute approximate surface area is 166 Å². The first-order valence-corrected chi connectivity index (χ1v) is 10.0. The fraction of sp³-hybridized carbons (Fsp3) is 0.250. The molecule has 3 heterocycles. The lowest BCUT2D eigenvalue weighted by molar-refractivity contribution is -0.147. The summed E-state index contributed by atoms with van der Waals surface area (Å²) in [5, 5.41) is 36.1. The second-order valence-electron chi connectivity index (χ2n) is 6.06. The first-order chi connectivity index (χ1) is 13.4. The maximum atomic E-state index is 11.9. The van der Waals surface area contributed by atoms with Crippen LogP contribution in [0, 0.1) is 0 Å². The molecule has 1 amide bonds. The molecule has 0 aliphatic carbocycles. The summed E-state index contributed by atoms with van der Waals surface area (Å²) >= 11 is 2.57. The second-order valence-corrected chi connectivity index (χ2v) is 8.09. The Balaban J connectivity index is 1.51. The van der Waals surface area contributed by atoms with Gasteiger partial charge in [-0.3, -0.25) is 9.69 Å². The molecule has 1 fully saturated rings. The number of carboxylic acids is 1. The molecule has 0 unspecified atom stereocenters. The van der Waals surface area contributed by atoms with Gasteiger partial charge in [-0.1, -0.05) is 11.8 Å². The van der Waals surface area contributed by atoms with E-state index in [1.807, 2.05) is 0 Å². The number of hydrogen-bond donors (Lipinski definition) is 4. The van der Waals surface area contributed by atoms with E-state index in [4.69, 9.17) is 10.2 Å². The molecule has 1 aromatic heterocycles. The summed E-state index contributed by atoms with van der Waals surface area (Å²) in [5.74, 6) is -1.32. The number of fused-ring (bicyclic) bond motifs is 1. The number of carbonyl (C=O) groups is 2. The number of carbonyl (C=O) groups excluding carboxylic acids is 1. The van der Waals surface area contributed by atoms with Gasteiger partial charge in [-0.05, 0) is 23.8 Å². The van der Waals surface area contributed by atoms with Crippen molar-refractivity contribution in [3.8, 4) is 23.0 Å². The van der Waals surface area contributed by atoms with Gasteiger partial charge >= 0.3 is 5.97 Å². The molecule has 146 valence electrons. The van der Waals surface area contributed by atoms with Crippen molar-refractivity contribution in [1.82, 2.24) is 15.1 Å². The summed E-state index contributed by atoms with van der Waals surface area (Å²) in [7, 11) is 0. The molecule has 5 N–H and O–H groups in total. The summed E-state index contributed by atoms with van der Waals surface area (Å²) in [6.45, 7) is 0. The number of nitrogens with two attached hydrogens (primary N) is 1. The third-order valence-electron chi connectivity index (χ3n) is 4.29. The monoisotopic (exact) mass is 422 g/mol. The number of rotatable bonds is 5. The zero-order valence-corrected chi connectivity index (χ0v) is 15.7. The lowest BCUT2D eigenvalue weighted by Crippen LogP contribution is -2.68. The molecule has 2 atom stereocenters. The normalized spacial score (nSPS) is 21.5. The molecule has 0 radical (unpaired) electrons. The number of nitrogens with zero attached hydrogens (tertiary/aromatic N) is 3. The van der Waals surface area contributed by atoms with Crippen LogP contribution in [0.3, 0.4) is 0 Å². The van der Waals surface area contributed by atoms with E-state index < -0.39 is 17.9 Å². The average molecular weight is 422 g/mol. The van der Waals surface area contributed by atoms with E-state index in [2.05, 4.69) is 10.2 Å². The van der Waals surface area contributed by atoms with Gasteiger partial charge in [0.15, 0.2) is 11.5 Å². The first-order valence-electron chi connectivity index (χ1n) is 8.01. The minimum atomic E-state index is -1.17. The summed E-state index contributed by atoms with van der Waals surface area (Å²) in [5.41, 5.74) is 6.69. The molecule has 2 aliphatic rings. The van der Waals surface area contributed by atoms with Crippen LogP contribution >= 0.6 is 23.5 Å². The van der Waals surface area contributed by atoms with E-state index in [1.54, 1.807) is 0 Å². The van der Waals surface area contributed by atoms with Gasteiger partial charge in [-0.2, -0.15) is 0 Å². The molecule has 0 saturated carbocycles. The fourth-order valence-corrected chi connectivity index (χ4v) is 5.08. The van der Waals surface area contributed by atoms with Crippen LogP contribution in [0.25, 0.3) is 11.5 Å². The zero-order valence-electron chi connectivity index (χ0n) is 14.1. The number of benzene rings is 1. The third kappa shape index (κ3) is 3.08. The largest absolute Gasteiger partial charge is 0.504 e. The van der Waals surface area contributed by atoms with Crippen LogP contribution in [-0.2, 0) is 9.59 Å². The van der Waals surface area contributed by atoms with Crippen LogP contribution in [0.15, 0.2) is 39.1 Å². The lowest BCUT2D eigenvalue weighted by Gasteiger charge is -2.48. The molecule has 0 bridgehead atoms. The van der Waals surface area contributed by atoms with Crippen molar-refractivity contribution < 1.29 is 29.3 Å². The van der Waals surface area contributed by atoms with Gasteiger partial charge in [0.1, 0.15) is 17.1 Å². The van der Waals surface area contributed by atoms with Gasteiger partial charge in [-0.15, -0.1) is 22.0 Å². The molecular formula is C16H14N4O6S2. The van der Waals surface area contributed by atoms with Gasteiger partial charge in [-0.25, -0.2) is 4.79 Å². The SMILES string of the molecule is N[C@@H]1C(=O)N2C(C(=O)O)=C(CSc3nnc(-c4ccc(O)c(O)c4)o3)CS[C@@H]12. The van der Waals surface area contributed by atoms with Crippen LogP contribution in [0.4, 0.5) is 0 Å². The van der Waals surface area contributed by atoms with Gasteiger partial charge in [0, 0.05) is 17.1 Å². The van der Waals surface area contributed by atoms with E-state index in [1.165, 1.54) is 34.9 Å². The molecule has 1 saturated heterocycles. The van der Waals surface area contributed by atoms with Crippen molar-refractivity contribution in [2.45, 2.75) is 16.6 Å². The van der Waals surface area contributed by atoms with Crippen molar-refractivity contribution in [2.24, 2.45) is 5.73 Å². The Bertz CT molecular complexity index is 1010. The van der Waals surface area contributed by atoms with Crippen LogP contribution in [-0.4, -0.2) is 65.2 Å². The molecule has 1 aromatic carbocycles. The standard InChI is InChI=1S/C16H14N4O6S2/c17-10-13(23)20-11(15(24)25)7(4-27-14(10)20)5-28-16-19-18-12(26-16)6-1-2-8(21)9(22)3-6/h1-3,10,14,21-22H,4-5,17H2,(H,24,25)/t10-,14+/m1/s1. The number of β-lactam (4-membered cyclic amide) rings is 1. The zero-order chi connectivity index (χ0) is 20.0. The maximum Gasteiger partial charge on any atom is 0.352 e. The van der Waals surface area contributed by atoms with Crippen molar-refractivity contribution in [3.63, 3.8) is 0 Å². The molecule has 4 rings (SSSR count). The Hall–Kier alpha value is -2.70. The van der Waals surface area contributed by atoms with Crippen molar-refractivity contribution in [2.75, 3.05) is 11.5 Å². The second kappa shape index (κ2) is 7.04. The molecule has 12 heteroatoms. The lowest BCUT2D eigenvalue weighted by atomic mass is 10.0. The van der Waals surface area contributed by atoms with Crippen LogP contribution in [0.5, 0.6) is 11.5 Å². The van der Waals surface area contributed by atoms with Crippen molar-refractivity contribution >= 4 is 35.4 Å². The third-order valence-corrected chi connectivity index (χ3v) is 6.56.